The molecule has 1 N–H and O–H groups in total. The molecule has 8 heteroatoms. The normalized spacial score (nSPS) is 21.8. The van der Waals surface area contributed by atoms with E-state index in [-0.39, 0.29) is 6.42 Å². The maximum absolute atomic E-state index is 13.1. The fraction of sp³-hybridized carbons (Fsp3) is 0.562. The Morgan fingerprint density at radius 3 is 2.79 bits per heavy atom. The van der Waals surface area contributed by atoms with E-state index in [0.717, 1.165) is 5.52 Å². The number of nitrogens with one attached hydrogen (secondary N) is 1. The van der Waals surface area contributed by atoms with Crippen molar-refractivity contribution in [2.45, 2.75) is 51.4 Å². The molecule has 130 valence electrons. The number of aromatic nitrogens is 3. The number of carbonyl (C=O) groups excluding carboxylic acids is 1. The number of hydrogen-bond donors (Lipinski definition) is 1. The van der Waals surface area contributed by atoms with Crippen LogP contribution in [-0.2, 0) is 6.54 Å². The third-order valence-electron chi connectivity index (χ3n) is 4.58. The van der Waals surface area contributed by atoms with E-state index in [1.807, 2.05) is 6.92 Å². The quantitative estimate of drug-likeness (QED) is 0.933. The zero-order valence-corrected chi connectivity index (χ0v) is 13.3. The van der Waals surface area contributed by atoms with Crippen molar-refractivity contribution in [3.63, 3.8) is 0 Å². The van der Waals surface area contributed by atoms with Crippen molar-refractivity contribution in [2.24, 2.45) is 5.92 Å². The highest BCUT2D eigenvalue weighted by molar-refractivity contribution is 5.97. The minimum atomic E-state index is -4.29. The molecule has 1 saturated carbocycles. The summed E-state index contributed by atoms with van der Waals surface area (Å²) >= 11 is 0. The van der Waals surface area contributed by atoms with E-state index in [1.165, 1.54) is 0 Å². The zero-order chi connectivity index (χ0) is 17.3. The summed E-state index contributed by atoms with van der Waals surface area (Å²) in [6, 6.07) is 4.01. The molecule has 1 fully saturated rings. The Kier molecular flexibility index (Phi) is 4.47. The van der Waals surface area contributed by atoms with Gasteiger partial charge in [-0.05, 0) is 38.0 Å². The lowest BCUT2D eigenvalue weighted by Crippen LogP contribution is -2.47. The number of fused-ring (bicyclic) bond motifs is 1. The van der Waals surface area contributed by atoms with Gasteiger partial charge in [-0.1, -0.05) is 18.1 Å². The van der Waals surface area contributed by atoms with Crippen LogP contribution >= 0.6 is 0 Å². The molecule has 1 aromatic carbocycles. The summed E-state index contributed by atoms with van der Waals surface area (Å²) in [5, 5.41) is 10.5. The minimum Gasteiger partial charge on any atom is -0.349 e. The first-order chi connectivity index (χ1) is 11.4. The van der Waals surface area contributed by atoms with Crippen LogP contribution in [0.4, 0.5) is 13.2 Å². The summed E-state index contributed by atoms with van der Waals surface area (Å²) in [4.78, 5) is 12.4. The molecule has 0 bridgehead atoms. The van der Waals surface area contributed by atoms with Crippen LogP contribution in [0, 0.1) is 5.92 Å². The van der Waals surface area contributed by atoms with Gasteiger partial charge in [-0.15, -0.1) is 5.10 Å². The van der Waals surface area contributed by atoms with Crippen LogP contribution in [-0.4, -0.2) is 33.1 Å². The monoisotopic (exact) mass is 340 g/mol. The molecule has 0 spiro atoms. The SMILES string of the molecule is CCn1nnc2cc(C(=O)N[C@@H]3CCCC[C@H]3C(F)(F)F)ccc21. The van der Waals surface area contributed by atoms with Crippen LogP contribution < -0.4 is 5.32 Å². The van der Waals surface area contributed by atoms with Crippen LogP contribution in [0.25, 0.3) is 11.0 Å². The molecule has 1 aliphatic rings. The first-order valence-corrected chi connectivity index (χ1v) is 8.11. The number of alkyl halides is 3. The molecule has 0 aliphatic heterocycles. The third-order valence-corrected chi connectivity index (χ3v) is 4.58. The molecule has 1 aromatic heterocycles. The van der Waals surface area contributed by atoms with Crippen molar-refractivity contribution >= 4 is 16.9 Å². The molecule has 1 amide bonds. The number of hydrogen-bond acceptors (Lipinski definition) is 3. The van der Waals surface area contributed by atoms with Crippen LogP contribution in [0.2, 0.25) is 0 Å². The molecule has 1 heterocycles. The van der Waals surface area contributed by atoms with Crippen LogP contribution in [0.1, 0.15) is 43.0 Å². The lowest BCUT2D eigenvalue weighted by Gasteiger charge is -2.33. The van der Waals surface area contributed by atoms with Gasteiger partial charge in [0.05, 0.1) is 11.4 Å². The summed E-state index contributed by atoms with van der Waals surface area (Å²) in [6.45, 7) is 2.58. The second kappa shape index (κ2) is 6.41. The van der Waals surface area contributed by atoms with Gasteiger partial charge in [0, 0.05) is 18.2 Å². The standard InChI is InChI=1S/C16H19F3N4O/c1-2-23-14-8-7-10(9-13(14)21-22-23)15(24)20-12-6-4-3-5-11(12)16(17,18)19/h7-9,11-12H,2-6H2,1H3,(H,20,24)/t11-,12-/m1/s1. The Hall–Kier alpha value is -2.12. The fourth-order valence-corrected chi connectivity index (χ4v) is 3.29. The predicted octanol–water partition coefficient (Wildman–Crippen LogP) is 3.30. The van der Waals surface area contributed by atoms with Crippen molar-refractivity contribution < 1.29 is 18.0 Å². The van der Waals surface area contributed by atoms with Crippen molar-refractivity contribution in [1.82, 2.24) is 20.3 Å². The van der Waals surface area contributed by atoms with E-state index in [2.05, 4.69) is 15.6 Å². The summed E-state index contributed by atoms with van der Waals surface area (Å²) in [6.07, 6.45) is -2.63. The van der Waals surface area contributed by atoms with E-state index < -0.39 is 24.0 Å². The Labute approximate surface area is 137 Å². The van der Waals surface area contributed by atoms with E-state index in [4.69, 9.17) is 0 Å². The number of aryl methyl sites for hydroxylation is 1. The maximum Gasteiger partial charge on any atom is 0.393 e. The first-order valence-electron chi connectivity index (χ1n) is 8.11. The third kappa shape index (κ3) is 3.22. The number of rotatable bonds is 3. The molecule has 2 aromatic rings. The second-order valence-corrected chi connectivity index (χ2v) is 6.12. The van der Waals surface area contributed by atoms with Crippen LogP contribution in [0.5, 0.6) is 0 Å². The van der Waals surface area contributed by atoms with Gasteiger partial charge in [0.25, 0.3) is 5.91 Å². The molecular weight excluding hydrogens is 321 g/mol. The largest absolute Gasteiger partial charge is 0.393 e. The van der Waals surface area contributed by atoms with Gasteiger partial charge in [0.2, 0.25) is 0 Å². The molecular formula is C16H19F3N4O. The fourth-order valence-electron chi connectivity index (χ4n) is 3.29. The van der Waals surface area contributed by atoms with Gasteiger partial charge in [-0.25, -0.2) is 4.68 Å². The van der Waals surface area contributed by atoms with Gasteiger partial charge in [0.1, 0.15) is 5.52 Å². The Morgan fingerprint density at radius 1 is 1.33 bits per heavy atom. The number of nitrogens with zero attached hydrogens (tertiary/aromatic N) is 3. The second-order valence-electron chi connectivity index (χ2n) is 6.12. The minimum absolute atomic E-state index is 0.0678. The average Bonchev–Trinajstić information content (AvgIpc) is 2.96. The van der Waals surface area contributed by atoms with Gasteiger partial charge in [-0.3, -0.25) is 4.79 Å². The number of carbonyl (C=O) groups is 1. The summed E-state index contributed by atoms with van der Waals surface area (Å²) in [5.74, 6) is -1.97. The number of benzene rings is 1. The van der Waals surface area contributed by atoms with E-state index >= 15 is 0 Å². The zero-order valence-electron chi connectivity index (χ0n) is 13.3. The lowest BCUT2D eigenvalue weighted by molar-refractivity contribution is -0.187. The number of amides is 1. The summed E-state index contributed by atoms with van der Waals surface area (Å²) in [7, 11) is 0. The molecule has 1 aliphatic carbocycles. The van der Waals surface area contributed by atoms with Crippen molar-refractivity contribution in [3.05, 3.63) is 23.8 Å². The molecule has 0 unspecified atom stereocenters. The Balaban J connectivity index is 1.78. The van der Waals surface area contributed by atoms with Crippen LogP contribution in [0.3, 0.4) is 0 Å². The lowest BCUT2D eigenvalue weighted by atomic mass is 9.84. The highest BCUT2D eigenvalue weighted by atomic mass is 19.4. The van der Waals surface area contributed by atoms with Gasteiger partial charge in [0.15, 0.2) is 0 Å². The van der Waals surface area contributed by atoms with Crippen LogP contribution in [0.15, 0.2) is 18.2 Å². The molecule has 5 nitrogen and oxygen atoms in total. The maximum atomic E-state index is 13.1. The van der Waals surface area contributed by atoms with Crippen molar-refractivity contribution in [1.29, 1.82) is 0 Å². The van der Waals surface area contributed by atoms with E-state index in [0.29, 0.717) is 36.9 Å². The van der Waals surface area contributed by atoms with Crippen molar-refractivity contribution in [3.8, 4) is 0 Å². The van der Waals surface area contributed by atoms with E-state index in [9.17, 15) is 18.0 Å². The topological polar surface area (TPSA) is 59.8 Å². The van der Waals surface area contributed by atoms with Crippen molar-refractivity contribution in [2.75, 3.05) is 0 Å². The average molecular weight is 340 g/mol. The smallest absolute Gasteiger partial charge is 0.349 e. The molecule has 24 heavy (non-hydrogen) atoms. The van der Waals surface area contributed by atoms with Gasteiger partial charge in [-0.2, -0.15) is 13.2 Å². The van der Waals surface area contributed by atoms with E-state index in [1.54, 1.807) is 22.9 Å². The number of halogens is 3. The highest BCUT2D eigenvalue weighted by Crippen LogP contribution is 2.37. The Bertz CT molecular complexity index is 740. The first kappa shape index (κ1) is 16.7. The summed E-state index contributed by atoms with van der Waals surface area (Å²) < 4.78 is 41.1. The van der Waals surface area contributed by atoms with Gasteiger partial charge >= 0.3 is 6.18 Å². The van der Waals surface area contributed by atoms with Gasteiger partial charge < -0.3 is 5.32 Å². The highest BCUT2D eigenvalue weighted by Gasteiger charge is 2.46. The summed E-state index contributed by atoms with van der Waals surface area (Å²) in [5.41, 5.74) is 1.65. The molecule has 0 radical (unpaired) electrons. The molecule has 0 saturated heterocycles. The Morgan fingerprint density at radius 2 is 2.08 bits per heavy atom. The molecule has 2 atom stereocenters. The predicted molar refractivity (Wildman–Crippen MR) is 82.5 cm³/mol. The molecule has 3 rings (SSSR count).